The Bertz CT molecular complexity index is 734. The fourth-order valence-electron chi connectivity index (χ4n) is 3.76. The molecule has 0 spiro atoms. The molecule has 4 nitrogen and oxygen atoms in total. The molecule has 0 aliphatic carbocycles. The number of hydrogen-bond acceptors (Lipinski definition) is 3. The van der Waals surface area contributed by atoms with Crippen molar-refractivity contribution >= 4 is 0 Å². The highest BCUT2D eigenvalue weighted by Gasteiger charge is 2.25. The first-order chi connectivity index (χ1) is 12.9. The standard InChI is InChI=1S/C22H25N3O/c1-3-7-18(8-4-1)21(19-9-5-2-6-10-19)15-20-16-25(13-14-26-20)17-22-23-11-12-24-22/h1-12,20-21H,13-17H2,(H,23,24). The van der Waals surface area contributed by atoms with Crippen LogP contribution in [0.4, 0.5) is 0 Å². The fraction of sp³-hybridized carbons (Fsp3) is 0.318. The minimum Gasteiger partial charge on any atom is -0.376 e. The molecule has 1 unspecified atom stereocenters. The maximum atomic E-state index is 6.13. The molecule has 2 aromatic carbocycles. The van der Waals surface area contributed by atoms with Crippen molar-refractivity contribution in [2.24, 2.45) is 0 Å². The van der Waals surface area contributed by atoms with Crippen LogP contribution in [-0.2, 0) is 11.3 Å². The number of ether oxygens (including phenoxy) is 1. The Morgan fingerprint density at radius 1 is 1.04 bits per heavy atom. The number of aromatic nitrogens is 2. The zero-order chi connectivity index (χ0) is 17.6. The number of imidazole rings is 1. The summed E-state index contributed by atoms with van der Waals surface area (Å²) in [7, 11) is 0. The summed E-state index contributed by atoms with van der Waals surface area (Å²) in [6.07, 6.45) is 4.91. The second-order valence-electron chi connectivity index (χ2n) is 6.87. The molecule has 0 bridgehead atoms. The molecule has 1 N–H and O–H groups in total. The summed E-state index contributed by atoms with van der Waals surface area (Å²) in [5.41, 5.74) is 2.70. The van der Waals surface area contributed by atoms with Gasteiger partial charge in [0.2, 0.25) is 0 Å². The van der Waals surface area contributed by atoms with Gasteiger partial charge in [-0.15, -0.1) is 0 Å². The Labute approximate surface area is 154 Å². The van der Waals surface area contributed by atoms with Gasteiger partial charge in [0, 0.05) is 31.4 Å². The van der Waals surface area contributed by atoms with Gasteiger partial charge in [0.25, 0.3) is 0 Å². The van der Waals surface area contributed by atoms with Crippen LogP contribution in [0.5, 0.6) is 0 Å². The minimum absolute atomic E-state index is 0.226. The second-order valence-corrected chi connectivity index (χ2v) is 6.87. The van der Waals surface area contributed by atoms with Crippen molar-refractivity contribution in [1.29, 1.82) is 0 Å². The Hall–Kier alpha value is -2.43. The predicted molar refractivity (Wildman–Crippen MR) is 103 cm³/mol. The number of nitrogens with zero attached hydrogens (tertiary/aromatic N) is 2. The summed E-state index contributed by atoms with van der Waals surface area (Å²) in [5, 5.41) is 0. The summed E-state index contributed by atoms with van der Waals surface area (Å²) in [5.74, 6) is 1.37. The molecular weight excluding hydrogens is 322 g/mol. The Balaban J connectivity index is 1.48. The molecular formula is C22H25N3O. The van der Waals surface area contributed by atoms with E-state index in [0.29, 0.717) is 5.92 Å². The fourth-order valence-corrected chi connectivity index (χ4v) is 3.76. The van der Waals surface area contributed by atoms with E-state index in [0.717, 1.165) is 38.5 Å². The summed E-state index contributed by atoms with van der Waals surface area (Å²) < 4.78 is 6.13. The number of hydrogen-bond donors (Lipinski definition) is 1. The number of aromatic amines is 1. The lowest BCUT2D eigenvalue weighted by atomic mass is 9.86. The molecule has 4 rings (SSSR count). The van der Waals surface area contributed by atoms with Gasteiger partial charge in [-0.25, -0.2) is 4.98 Å². The molecule has 26 heavy (non-hydrogen) atoms. The number of morpholine rings is 1. The lowest BCUT2D eigenvalue weighted by molar-refractivity contribution is -0.0371. The normalized spacial score (nSPS) is 18.3. The van der Waals surface area contributed by atoms with E-state index in [4.69, 9.17) is 4.74 Å². The average molecular weight is 347 g/mol. The van der Waals surface area contributed by atoms with E-state index >= 15 is 0 Å². The monoisotopic (exact) mass is 347 g/mol. The second kappa shape index (κ2) is 8.30. The maximum absolute atomic E-state index is 6.13. The maximum Gasteiger partial charge on any atom is 0.120 e. The quantitative estimate of drug-likeness (QED) is 0.737. The molecule has 1 aromatic heterocycles. The summed E-state index contributed by atoms with van der Waals surface area (Å²) >= 11 is 0. The topological polar surface area (TPSA) is 41.2 Å². The Morgan fingerprint density at radius 3 is 2.35 bits per heavy atom. The first kappa shape index (κ1) is 17.0. The van der Waals surface area contributed by atoms with Crippen molar-refractivity contribution in [3.05, 3.63) is 90.0 Å². The van der Waals surface area contributed by atoms with Crippen molar-refractivity contribution in [1.82, 2.24) is 14.9 Å². The smallest absolute Gasteiger partial charge is 0.120 e. The molecule has 1 saturated heterocycles. The first-order valence-electron chi connectivity index (χ1n) is 9.30. The highest BCUT2D eigenvalue weighted by atomic mass is 16.5. The summed E-state index contributed by atoms with van der Waals surface area (Å²) in [6.45, 7) is 3.53. The molecule has 4 heteroatoms. The van der Waals surface area contributed by atoms with Gasteiger partial charge in [-0.05, 0) is 17.5 Å². The van der Waals surface area contributed by atoms with Crippen LogP contribution in [0.15, 0.2) is 73.1 Å². The Morgan fingerprint density at radius 2 is 1.73 bits per heavy atom. The molecule has 1 fully saturated rings. The van der Waals surface area contributed by atoms with Gasteiger partial charge in [0.15, 0.2) is 0 Å². The molecule has 0 saturated carbocycles. The van der Waals surface area contributed by atoms with Crippen LogP contribution in [0.25, 0.3) is 0 Å². The SMILES string of the molecule is c1ccc(C(CC2CN(Cc3ncc[nH]3)CCO2)c2ccccc2)cc1. The van der Waals surface area contributed by atoms with E-state index in [2.05, 4.69) is 75.5 Å². The van der Waals surface area contributed by atoms with E-state index < -0.39 is 0 Å². The third-order valence-electron chi connectivity index (χ3n) is 5.05. The number of H-pyrrole nitrogens is 1. The van der Waals surface area contributed by atoms with Gasteiger partial charge >= 0.3 is 0 Å². The predicted octanol–water partition coefficient (Wildman–Crippen LogP) is 3.83. The summed E-state index contributed by atoms with van der Waals surface area (Å²) in [4.78, 5) is 9.98. The zero-order valence-corrected chi connectivity index (χ0v) is 14.9. The lowest BCUT2D eigenvalue weighted by Gasteiger charge is -2.34. The van der Waals surface area contributed by atoms with E-state index in [1.807, 2.05) is 12.4 Å². The highest BCUT2D eigenvalue weighted by Crippen LogP contribution is 2.31. The van der Waals surface area contributed by atoms with Gasteiger partial charge < -0.3 is 9.72 Å². The largest absolute Gasteiger partial charge is 0.376 e. The van der Waals surface area contributed by atoms with Crippen LogP contribution in [-0.4, -0.2) is 40.7 Å². The third-order valence-corrected chi connectivity index (χ3v) is 5.05. The molecule has 3 aromatic rings. The molecule has 2 heterocycles. The molecule has 0 radical (unpaired) electrons. The van der Waals surface area contributed by atoms with Gasteiger partial charge in [-0.3, -0.25) is 4.90 Å². The van der Waals surface area contributed by atoms with E-state index in [1.54, 1.807) is 0 Å². The van der Waals surface area contributed by atoms with Crippen LogP contribution in [0.2, 0.25) is 0 Å². The average Bonchev–Trinajstić information content (AvgIpc) is 3.21. The van der Waals surface area contributed by atoms with E-state index in [-0.39, 0.29) is 6.10 Å². The van der Waals surface area contributed by atoms with E-state index in [9.17, 15) is 0 Å². The molecule has 0 amide bonds. The molecule has 134 valence electrons. The number of benzene rings is 2. The van der Waals surface area contributed by atoms with Crippen molar-refractivity contribution < 1.29 is 4.74 Å². The van der Waals surface area contributed by atoms with Gasteiger partial charge in [0.1, 0.15) is 5.82 Å². The van der Waals surface area contributed by atoms with Gasteiger partial charge in [-0.2, -0.15) is 0 Å². The van der Waals surface area contributed by atoms with Gasteiger partial charge in [-0.1, -0.05) is 60.7 Å². The minimum atomic E-state index is 0.226. The third kappa shape index (κ3) is 4.21. The lowest BCUT2D eigenvalue weighted by Crippen LogP contribution is -2.42. The van der Waals surface area contributed by atoms with Crippen LogP contribution >= 0.6 is 0 Å². The van der Waals surface area contributed by atoms with E-state index in [1.165, 1.54) is 11.1 Å². The highest BCUT2D eigenvalue weighted by molar-refractivity contribution is 5.32. The number of rotatable bonds is 6. The van der Waals surface area contributed by atoms with Crippen LogP contribution in [0, 0.1) is 0 Å². The first-order valence-corrected chi connectivity index (χ1v) is 9.30. The van der Waals surface area contributed by atoms with Crippen molar-refractivity contribution in [3.63, 3.8) is 0 Å². The van der Waals surface area contributed by atoms with Crippen molar-refractivity contribution in [2.75, 3.05) is 19.7 Å². The van der Waals surface area contributed by atoms with Crippen LogP contribution in [0.1, 0.15) is 29.3 Å². The molecule has 1 aliphatic heterocycles. The molecule has 1 atom stereocenters. The van der Waals surface area contributed by atoms with Crippen molar-refractivity contribution in [3.8, 4) is 0 Å². The van der Waals surface area contributed by atoms with Crippen LogP contribution in [0.3, 0.4) is 0 Å². The van der Waals surface area contributed by atoms with Crippen molar-refractivity contribution in [2.45, 2.75) is 25.0 Å². The summed E-state index contributed by atoms with van der Waals surface area (Å²) in [6, 6.07) is 21.5. The van der Waals surface area contributed by atoms with Gasteiger partial charge in [0.05, 0.1) is 19.3 Å². The molecule has 1 aliphatic rings. The van der Waals surface area contributed by atoms with Crippen LogP contribution < -0.4 is 0 Å². The number of nitrogens with one attached hydrogen (secondary N) is 1. The zero-order valence-electron chi connectivity index (χ0n) is 14.9. The Kier molecular flexibility index (Phi) is 5.43.